The van der Waals surface area contributed by atoms with E-state index in [2.05, 4.69) is 37.4 Å². The maximum Gasteiger partial charge on any atom is 0.0636 e. The number of aliphatic hydroxyl groups is 1. The second-order valence-corrected chi connectivity index (χ2v) is 3.90. The molecule has 0 aliphatic heterocycles. The molecule has 78 valence electrons. The van der Waals surface area contributed by atoms with E-state index in [0.29, 0.717) is 6.54 Å². The van der Waals surface area contributed by atoms with E-state index in [0.717, 1.165) is 6.54 Å². The van der Waals surface area contributed by atoms with Gasteiger partial charge in [0.2, 0.25) is 0 Å². The van der Waals surface area contributed by atoms with Gasteiger partial charge in [-0.05, 0) is 37.5 Å². The van der Waals surface area contributed by atoms with Crippen molar-refractivity contribution >= 4 is 0 Å². The molecular formula is C12H19NO. The first-order valence-electron chi connectivity index (χ1n) is 5.04. The van der Waals surface area contributed by atoms with Crippen molar-refractivity contribution in [3.05, 3.63) is 34.9 Å². The first-order valence-corrected chi connectivity index (χ1v) is 5.04. The van der Waals surface area contributed by atoms with E-state index in [-0.39, 0.29) is 6.10 Å². The molecule has 2 N–H and O–H groups in total. The number of hydrogen-bond acceptors (Lipinski definition) is 2. The molecule has 0 aromatic heterocycles. The Kier molecular flexibility index (Phi) is 4.11. The maximum absolute atomic E-state index is 9.07. The number of nitrogens with one attached hydrogen (secondary N) is 1. The smallest absolute Gasteiger partial charge is 0.0636 e. The topological polar surface area (TPSA) is 32.3 Å². The molecule has 0 aliphatic carbocycles. The van der Waals surface area contributed by atoms with E-state index in [4.69, 9.17) is 5.11 Å². The van der Waals surface area contributed by atoms with Gasteiger partial charge in [-0.15, -0.1) is 0 Å². The van der Waals surface area contributed by atoms with Gasteiger partial charge < -0.3 is 10.4 Å². The normalized spacial score (nSPS) is 12.9. The molecule has 2 nitrogen and oxygen atoms in total. The number of aliphatic hydroxyl groups excluding tert-OH is 1. The maximum atomic E-state index is 9.07. The molecule has 1 aromatic rings. The highest BCUT2D eigenvalue weighted by Gasteiger charge is 1.97. The molecule has 1 aromatic carbocycles. The molecular weight excluding hydrogens is 174 g/mol. The van der Waals surface area contributed by atoms with Crippen LogP contribution in [0.4, 0.5) is 0 Å². The Morgan fingerprint density at radius 3 is 2.57 bits per heavy atom. The largest absolute Gasteiger partial charge is 0.392 e. The summed E-state index contributed by atoms with van der Waals surface area (Å²) in [7, 11) is 0. The van der Waals surface area contributed by atoms with Crippen LogP contribution < -0.4 is 5.32 Å². The van der Waals surface area contributed by atoms with Crippen LogP contribution in [0.1, 0.15) is 23.6 Å². The second-order valence-electron chi connectivity index (χ2n) is 3.90. The number of benzene rings is 1. The van der Waals surface area contributed by atoms with E-state index < -0.39 is 0 Å². The zero-order valence-electron chi connectivity index (χ0n) is 9.17. The van der Waals surface area contributed by atoms with E-state index in [1.807, 2.05) is 0 Å². The van der Waals surface area contributed by atoms with Crippen LogP contribution in [0, 0.1) is 13.8 Å². The summed E-state index contributed by atoms with van der Waals surface area (Å²) in [6.45, 7) is 7.49. The fourth-order valence-corrected chi connectivity index (χ4v) is 1.34. The monoisotopic (exact) mass is 193 g/mol. The summed E-state index contributed by atoms with van der Waals surface area (Å²) in [6, 6.07) is 6.44. The highest BCUT2D eigenvalue weighted by molar-refractivity contribution is 5.29. The number of aryl methyl sites for hydroxylation is 2. The molecule has 2 heteroatoms. The van der Waals surface area contributed by atoms with Crippen molar-refractivity contribution in [3.63, 3.8) is 0 Å². The lowest BCUT2D eigenvalue weighted by molar-refractivity contribution is 0.191. The van der Waals surface area contributed by atoms with Gasteiger partial charge in [-0.1, -0.05) is 18.2 Å². The summed E-state index contributed by atoms with van der Waals surface area (Å²) in [5.41, 5.74) is 3.92. The van der Waals surface area contributed by atoms with Crippen LogP contribution in [0.2, 0.25) is 0 Å². The summed E-state index contributed by atoms with van der Waals surface area (Å²) in [6.07, 6.45) is -0.276. The lowest BCUT2D eigenvalue weighted by Crippen LogP contribution is -2.23. The van der Waals surface area contributed by atoms with E-state index >= 15 is 0 Å². The Hall–Kier alpha value is -0.860. The average Bonchev–Trinajstić information content (AvgIpc) is 2.10. The van der Waals surface area contributed by atoms with Crippen LogP contribution in [-0.2, 0) is 6.54 Å². The minimum atomic E-state index is -0.276. The Bertz CT molecular complexity index is 294. The molecule has 0 spiro atoms. The van der Waals surface area contributed by atoms with Gasteiger partial charge >= 0.3 is 0 Å². The summed E-state index contributed by atoms with van der Waals surface area (Å²) < 4.78 is 0. The lowest BCUT2D eigenvalue weighted by Gasteiger charge is -2.08. The van der Waals surface area contributed by atoms with Crippen molar-refractivity contribution in [2.24, 2.45) is 0 Å². The van der Waals surface area contributed by atoms with Crippen LogP contribution >= 0.6 is 0 Å². The van der Waals surface area contributed by atoms with Gasteiger partial charge in [0.05, 0.1) is 6.10 Å². The van der Waals surface area contributed by atoms with Crippen molar-refractivity contribution in [1.29, 1.82) is 0 Å². The fraction of sp³-hybridized carbons (Fsp3) is 0.500. The SMILES string of the molecule is Cc1ccc(CNCC(C)O)cc1C. The third-order valence-corrected chi connectivity index (χ3v) is 2.34. The van der Waals surface area contributed by atoms with Crippen molar-refractivity contribution < 1.29 is 5.11 Å². The van der Waals surface area contributed by atoms with Crippen molar-refractivity contribution in [2.75, 3.05) is 6.54 Å². The third kappa shape index (κ3) is 3.48. The predicted molar refractivity (Wildman–Crippen MR) is 59.3 cm³/mol. The Morgan fingerprint density at radius 1 is 1.29 bits per heavy atom. The van der Waals surface area contributed by atoms with Gasteiger partial charge in [0.25, 0.3) is 0 Å². The fourth-order valence-electron chi connectivity index (χ4n) is 1.34. The predicted octanol–water partition coefficient (Wildman–Crippen LogP) is 1.77. The third-order valence-electron chi connectivity index (χ3n) is 2.34. The van der Waals surface area contributed by atoms with Gasteiger partial charge in [0, 0.05) is 13.1 Å². The Labute approximate surface area is 86.0 Å². The van der Waals surface area contributed by atoms with E-state index in [9.17, 15) is 0 Å². The Morgan fingerprint density at radius 2 is 2.00 bits per heavy atom. The average molecular weight is 193 g/mol. The first-order chi connectivity index (χ1) is 6.59. The second kappa shape index (κ2) is 5.13. The molecule has 1 rings (SSSR count). The number of hydrogen-bond donors (Lipinski definition) is 2. The molecule has 14 heavy (non-hydrogen) atoms. The molecule has 1 atom stereocenters. The van der Waals surface area contributed by atoms with E-state index in [1.54, 1.807) is 6.92 Å². The molecule has 0 heterocycles. The zero-order valence-corrected chi connectivity index (χ0v) is 9.17. The van der Waals surface area contributed by atoms with Gasteiger partial charge in [-0.25, -0.2) is 0 Å². The van der Waals surface area contributed by atoms with Crippen LogP contribution in [0.25, 0.3) is 0 Å². The van der Waals surface area contributed by atoms with Gasteiger partial charge in [0.15, 0.2) is 0 Å². The van der Waals surface area contributed by atoms with Crippen molar-refractivity contribution in [2.45, 2.75) is 33.4 Å². The van der Waals surface area contributed by atoms with Crippen LogP contribution in [0.5, 0.6) is 0 Å². The summed E-state index contributed by atoms with van der Waals surface area (Å²) in [5, 5.41) is 12.3. The summed E-state index contributed by atoms with van der Waals surface area (Å²) >= 11 is 0. The quantitative estimate of drug-likeness (QED) is 0.764. The van der Waals surface area contributed by atoms with Gasteiger partial charge in [0.1, 0.15) is 0 Å². The molecule has 0 aliphatic rings. The zero-order chi connectivity index (χ0) is 10.6. The van der Waals surface area contributed by atoms with Crippen molar-refractivity contribution in [1.82, 2.24) is 5.32 Å². The lowest BCUT2D eigenvalue weighted by atomic mass is 10.1. The van der Waals surface area contributed by atoms with Gasteiger partial charge in [-0.3, -0.25) is 0 Å². The molecule has 0 radical (unpaired) electrons. The van der Waals surface area contributed by atoms with Crippen LogP contribution in [0.15, 0.2) is 18.2 Å². The van der Waals surface area contributed by atoms with E-state index in [1.165, 1.54) is 16.7 Å². The molecule has 0 amide bonds. The standard InChI is InChI=1S/C12H19NO/c1-9-4-5-12(6-10(9)2)8-13-7-11(3)14/h4-6,11,13-14H,7-8H2,1-3H3. The summed E-state index contributed by atoms with van der Waals surface area (Å²) in [4.78, 5) is 0. The minimum absolute atomic E-state index is 0.276. The van der Waals surface area contributed by atoms with Crippen LogP contribution in [-0.4, -0.2) is 17.8 Å². The molecule has 0 bridgehead atoms. The molecule has 0 saturated heterocycles. The summed E-state index contributed by atoms with van der Waals surface area (Å²) in [5.74, 6) is 0. The van der Waals surface area contributed by atoms with Gasteiger partial charge in [-0.2, -0.15) is 0 Å². The molecule has 1 unspecified atom stereocenters. The Balaban J connectivity index is 2.47. The van der Waals surface area contributed by atoms with Crippen LogP contribution in [0.3, 0.4) is 0 Å². The highest BCUT2D eigenvalue weighted by atomic mass is 16.3. The number of rotatable bonds is 4. The van der Waals surface area contributed by atoms with Crippen molar-refractivity contribution in [3.8, 4) is 0 Å². The highest BCUT2D eigenvalue weighted by Crippen LogP contribution is 2.09. The molecule has 0 saturated carbocycles. The first kappa shape index (κ1) is 11.2. The minimum Gasteiger partial charge on any atom is -0.392 e. The molecule has 0 fully saturated rings.